The molecule has 2 aliphatic rings. The molecule has 2 rings (SSSR count). The Kier molecular flexibility index (Phi) is 6.98. The summed E-state index contributed by atoms with van der Waals surface area (Å²) in [5.41, 5.74) is 0. The van der Waals surface area contributed by atoms with Crippen LogP contribution < -0.4 is 5.32 Å². The second kappa shape index (κ2) is 8.74. The predicted octanol–water partition coefficient (Wildman–Crippen LogP) is 0.214. The second-order valence-electron chi connectivity index (χ2n) is 6.31. The number of likely N-dealkylation sites (tertiary alicyclic amines) is 1. The topological polar surface area (TPSA) is 55.9 Å². The molecule has 7 heteroatoms. The Hall–Kier alpha value is -0.790. The number of rotatable bonds is 5. The van der Waals surface area contributed by atoms with Gasteiger partial charge in [-0.3, -0.25) is 13.9 Å². The van der Waals surface area contributed by atoms with Gasteiger partial charge in [-0.25, -0.2) is 0 Å². The van der Waals surface area contributed by atoms with E-state index in [1.165, 1.54) is 6.92 Å². The summed E-state index contributed by atoms with van der Waals surface area (Å²) in [5, 5.41) is 2.68. The molecule has 0 bridgehead atoms. The Bertz CT molecular complexity index is 378. The van der Waals surface area contributed by atoms with Gasteiger partial charge in [-0.15, -0.1) is 0 Å². The van der Waals surface area contributed by atoms with E-state index in [0.29, 0.717) is 18.9 Å². The summed E-state index contributed by atoms with van der Waals surface area (Å²) in [6, 6.07) is 0. The number of hydrogen-bond acceptors (Lipinski definition) is 5. The van der Waals surface area contributed by atoms with Gasteiger partial charge in [0.2, 0.25) is 11.8 Å². The normalized spacial score (nSPS) is 21.8. The molecule has 0 aromatic carbocycles. The van der Waals surface area contributed by atoms with Crippen molar-refractivity contribution >= 4 is 24.6 Å². The smallest absolute Gasteiger partial charge is 0.224 e. The van der Waals surface area contributed by atoms with Gasteiger partial charge in [0.1, 0.15) is 0 Å². The maximum absolute atomic E-state index is 12.1. The summed E-state index contributed by atoms with van der Waals surface area (Å²) in [6.07, 6.45) is 2.59. The van der Waals surface area contributed by atoms with Crippen molar-refractivity contribution in [1.29, 1.82) is 0 Å². The summed E-state index contributed by atoms with van der Waals surface area (Å²) < 4.78 is 2.08. The van der Waals surface area contributed by atoms with Crippen LogP contribution in [-0.4, -0.2) is 78.3 Å². The average molecular weight is 328 g/mol. The van der Waals surface area contributed by atoms with Crippen LogP contribution in [0, 0.1) is 5.92 Å². The third kappa shape index (κ3) is 5.78. The number of nitrogens with one attached hydrogen (secondary N) is 1. The number of carbonyl (C=O) groups excluding carboxylic acids is 2. The van der Waals surface area contributed by atoms with Gasteiger partial charge in [0.15, 0.2) is 0 Å². The molecule has 2 saturated heterocycles. The Balaban J connectivity index is 1.62. The summed E-state index contributed by atoms with van der Waals surface area (Å²) in [6.45, 7) is 9.04. The number of nitrogens with zero attached hydrogens (tertiary/aromatic N) is 3. The highest BCUT2D eigenvalue weighted by molar-refractivity contribution is 7.77. The van der Waals surface area contributed by atoms with Crippen LogP contribution >= 0.6 is 12.8 Å². The van der Waals surface area contributed by atoms with E-state index in [9.17, 15) is 9.59 Å². The minimum atomic E-state index is -0.0761. The maximum Gasteiger partial charge on any atom is 0.224 e. The Labute approximate surface area is 138 Å². The van der Waals surface area contributed by atoms with Crippen LogP contribution in [0.1, 0.15) is 26.2 Å². The van der Waals surface area contributed by atoms with Crippen LogP contribution in [0.2, 0.25) is 0 Å². The molecular formula is C15H28N4O2S. The number of hydrogen-bond donors (Lipinski definition) is 2. The molecule has 0 aromatic heterocycles. The fraction of sp³-hybridized carbons (Fsp3) is 0.867. The SMILES string of the molecule is CC(=O)NCCC(=O)N1CCC(CN2CCN(S)CC2)CC1. The molecule has 2 fully saturated rings. The van der Waals surface area contributed by atoms with Gasteiger partial charge in [-0.1, -0.05) is 12.8 Å². The van der Waals surface area contributed by atoms with Crippen molar-refractivity contribution in [2.24, 2.45) is 5.92 Å². The summed E-state index contributed by atoms with van der Waals surface area (Å²) >= 11 is 4.38. The van der Waals surface area contributed by atoms with Crippen molar-refractivity contribution in [2.75, 3.05) is 52.4 Å². The minimum Gasteiger partial charge on any atom is -0.356 e. The van der Waals surface area contributed by atoms with Crippen molar-refractivity contribution in [2.45, 2.75) is 26.2 Å². The minimum absolute atomic E-state index is 0.0761. The van der Waals surface area contributed by atoms with Crippen LogP contribution in [0.25, 0.3) is 0 Å². The summed E-state index contributed by atoms with van der Waals surface area (Å²) in [4.78, 5) is 27.3. The average Bonchev–Trinajstić information content (AvgIpc) is 2.50. The second-order valence-corrected chi connectivity index (χ2v) is 6.88. The monoisotopic (exact) mass is 328 g/mol. The van der Waals surface area contributed by atoms with Gasteiger partial charge in [-0.05, 0) is 18.8 Å². The van der Waals surface area contributed by atoms with Crippen molar-refractivity contribution in [3.05, 3.63) is 0 Å². The first-order valence-electron chi connectivity index (χ1n) is 8.23. The molecule has 22 heavy (non-hydrogen) atoms. The van der Waals surface area contributed by atoms with Crippen LogP contribution in [0.5, 0.6) is 0 Å². The zero-order chi connectivity index (χ0) is 15.9. The largest absolute Gasteiger partial charge is 0.356 e. The highest BCUT2D eigenvalue weighted by Crippen LogP contribution is 2.19. The molecule has 126 valence electrons. The zero-order valence-electron chi connectivity index (χ0n) is 13.5. The molecule has 6 nitrogen and oxygen atoms in total. The fourth-order valence-corrected chi connectivity index (χ4v) is 3.33. The first-order chi connectivity index (χ1) is 10.5. The van der Waals surface area contributed by atoms with Gasteiger partial charge in [0, 0.05) is 65.7 Å². The van der Waals surface area contributed by atoms with E-state index in [0.717, 1.165) is 58.7 Å². The highest BCUT2D eigenvalue weighted by atomic mass is 32.1. The number of amides is 2. The fourth-order valence-electron chi connectivity index (χ4n) is 3.15. The van der Waals surface area contributed by atoms with E-state index in [-0.39, 0.29) is 11.8 Å². The molecule has 0 unspecified atom stereocenters. The van der Waals surface area contributed by atoms with Crippen molar-refractivity contribution in [1.82, 2.24) is 19.4 Å². The Morgan fingerprint density at radius 1 is 1.09 bits per heavy atom. The molecule has 0 radical (unpaired) electrons. The van der Waals surface area contributed by atoms with Crippen molar-refractivity contribution < 1.29 is 9.59 Å². The van der Waals surface area contributed by atoms with E-state index in [4.69, 9.17) is 0 Å². The Morgan fingerprint density at radius 3 is 2.32 bits per heavy atom. The molecule has 0 atom stereocenters. The van der Waals surface area contributed by atoms with Crippen molar-refractivity contribution in [3.63, 3.8) is 0 Å². The number of piperidine rings is 1. The molecule has 0 aromatic rings. The molecule has 2 aliphatic heterocycles. The van der Waals surface area contributed by atoms with E-state index in [1.54, 1.807) is 0 Å². The number of thiol groups is 1. The molecule has 2 heterocycles. The first kappa shape index (κ1) is 17.6. The molecular weight excluding hydrogens is 300 g/mol. The molecule has 1 N–H and O–H groups in total. The van der Waals surface area contributed by atoms with Crippen LogP contribution in [-0.2, 0) is 9.59 Å². The maximum atomic E-state index is 12.1. The van der Waals surface area contributed by atoms with Gasteiger partial charge in [-0.2, -0.15) is 0 Å². The molecule has 0 aliphatic carbocycles. The van der Waals surface area contributed by atoms with E-state index in [2.05, 4.69) is 27.3 Å². The third-order valence-corrected chi connectivity index (χ3v) is 4.95. The van der Waals surface area contributed by atoms with Gasteiger partial charge in [0.25, 0.3) is 0 Å². The zero-order valence-corrected chi connectivity index (χ0v) is 14.4. The third-order valence-electron chi connectivity index (χ3n) is 4.55. The Morgan fingerprint density at radius 2 is 1.73 bits per heavy atom. The lowest BCUT2D eigenvalue weighted by Crippen LogP contribution is -2.47. The predicted molar refractivity (Wildman–Crippen MR) is 89.6 cm³/mol. The van der Waals surface area contributed by atoms with Gasteiger partial charge < -0.3 is 15.1 Å². The lowest BCUT2D eigenvalue weighted by Gasteiger charge is -2.37. The molecule has 0 saturated carbocycles. The van der Waals surface area contributed by atoms with Crippen LogP contribution in [0.4, 0.5) is 0 Å². The van der Waals surface area contributed by atoms with E-state index in [1.807, 2.05) is 4.90 Å². The number of piperazine rings is 1. The highest BCUT2D eigenvalue weighted by Gasteiger charge is 2.25. The van der Waals surface area contributed by atoms with Gasteiger partial charge >= 0.3 is 0 Å². The molecule has 0 spiro atoms. The lowest BCUT2D eigenvalue weighted by molar-refractivity contribution is -0.132. The number of carbonyl (C=O) groups is 2. The van der Waals surface area contributed by atoms with E-state index < -0.39 is 0 Å². The van der Waals surface area contributed by atoms with Crippen LogP contribution in [0.3, 0.4) is 0 Å². The standard InChI is InChI=1S/C15H28N4O2S/c1-13(20)16-5-2-15(21)18-6-3-14(4-7-18)12-17-8-10-19(22)11-9-17/h14,22H,2-12H2,1H3,(H,16,20). The molecule has 2 amide bonds. The van der Waals surface area contributed by atoms with Crippen LogP contribution in [0.15, 0.2) is 0 Å². The summed E-state index contributed by atoms with van der Waals surface area (Å²) in [5.74, 6) is 0.787. The summed E-state index contributed by atoms with van der Waals surface area (Å²) in [7, 11) is 0. The van der Waals surface area contributed by atoms with Gasteiger partial charge in [0.05, 0.1) is 0 Å². The lowest BCUT2D eigenvalue weighted by atomic mass is 9.95. The van der Waals surface area contributed by atoms with Crippen molar-refractivity contribution in [3.8, 4) is 0 Å². The quantitative estimate of drug-likeness (QED) is 0.709. The first-order valence-corrected chi connectivity index (χ1v) is 8.63. The van der Waals surface area contributed by atoms with E-state index >= 15 is 0 Å².